The van der Waals surface area contributed by atoms with Gasteiger partial charge >= 0.3 is 6.09 Å². The number of amides is 3. The molecule has 7 nitrogen and oxygen atoms in total. The second-order valence-corrected chi connectivity index (χ2v) is 7.68. The molecule has 0 unspecified atom stereocenters. The van der Waals surface area contributed by atoms with E-state index < -0.39 is 11.7 Å². The first kappa shape index (κ1) is 22.9. The Kier molecular flexibility index (Phi) is 7.91. The number of benzene rings is 2. The number of hydrogen-bond acceptors (Lipinski definition) is 4. The van der Waals surface area contributed by atoms with Crippen LogP contribution in [-0.2, 0) is 27.3 Å². The van der Waals surface area contributed by atoms with Crippen LogP contribution in [0.1, 0.15) is 31.9 Å². The molecule has 2 aromatic carbocycles. The lowest BCUT2D eigenvalue weighted by atomic mass is 10.1. The van der Waals surface area contributed by atoms with E-state index in [4.69, 9.17) is 4.74 Å². The Morgan fingerprint density at radius 1 is 0.933 bits per heavy atom. The van der Waals surface area contributed by atoms with Crippen LogP contribution in [0.5, 0.6) is 0 Å². The Labute approximate surface area is 175 Å². The minimum absolute atomic E-state index is 0.0697. The predicted octanol–water partition coefficient (Wildman–Crippen LogP) is 3.15. The van der Waals surface area contributed by atoms with Gasteiger partial charge in [-0.15, -0.1) is 0 Å². The predicted molar refractivity (Wildman–Crippen MR) is 111 cm³/mol. The first-order valence-corrected chi connectivity index (χ1v) is 9.47. The van der Waals surface area contributed by atoms with Crippen LogP contribution in [-0.4, -0.2) is 30.1 Å². The third kappa shape index (κ3) is 8.72. The summed E-state index contributed by atoms with van der Waals surface area (Å²) in [5, 5.41) is 7.81. The SMILES string of the molecule is CC(C)(C)OC(=O)NCC(=O)NCc1ccc(NC(=O)Cc2cccc(F)c2)cc1. The molecular weight excluding hydrogens is 389 g/mol. The number of anilines is 1. The Bertz CT molecular complexity index is 892. The molecule has 2 rings (SSSR count). The van der Waals surface area contributed by atoms with Gasteiger partial charge in [0.1, 0.15) is 18.0 Å². The van der Waals surface area contributed by atoms with E-state index in [1.807, 2.05) is 0 Å². The zero-order valence-electron chi connectivity index (χ0n) is 17.3. The Hall–Kier alpha value is -3.42. The van der Waals surface area contributed by atoms with Gasteiger partial charge in [-0.1, -0.05) is 24.3 Å². The van der Waals surface area contributed by atoms with E-state index in [-0.39, 0.29) is 37.1 Å². The first-order valence-electron chi connectivity index (χ1n) is 9.47. The summed E-state index contributed by atoms with van der Waals surface area (Å²) < 4.78 is 18.2. The van der Waals surface area contributed by atoms with Gasteiger partial charge in [-0.05, 0) is 56.2 Å². The average molecular weight is 415 g/mol. The second-order valence-electron chi connectivity index (χ2n) is 7.68. The lowest BCUT2D eigenvalue weighted by Gasteiger charge is -2.19. The summed E-state index contributed by atoms with van der Waals surface area (Å²) in [6.45, 7) is 5.29. The van der Waals surface area contributed by atoms with Crippen LogP contribution in [0.15, 0.2) is 48.5 Å². The van der Waals surface area contributed by atoms with Crippen molar-refractivity contribution in [3.05, 3.63) is 65.5 Å². The van der Waals surface area contributed by atoms with E-state index in [1.165, 1.54) is 12.1 Å². The Morgan fingerprint density at radius 2 is 1.63 bits per heavy atom. The van der Waals surface area contributed by atoms with Crippen LogP contribution in [0.2, 0.25) is 0 Å². The molecule has 2 aromatic rings. The second kappa shape index (κ2) is 10.4. The average Bonchev–Trinajstić information content (AvgIpc) is 2.64. The molecule has 0 fully saturated rings. The highest BCUT2D eigenvalue weighted by atomic mass is 19.1. The molecule has 0 aliphatic carbocycles. The van der Waals surface area contributed by atoms with E-state index in [0.29, 0.717) is 11.3 Å². The third-order valence-electron chi connectivity index (χ3n) is 3.77. The minimum atomic E-state index is -0.656. The van der Waals surface area contributed by atoms with Gasteiger partial charge in [-0.3, -0.25) is 9.59 Å². The van der Waals surface area contributed by atoms with Crippen LogP contribution < -0.4 is 16.0 Å². The largest absolute Gasteiger partial charge is 0.444 e. The van der Waals surface area contributed by atoms with Gasteiger partial charge < -0.3 is 20.7 Å². The van der Waals surface area contributed by atoms with Gasteiger partial charge in [-0.2, -0.15) is 0 Å². The van der Waals surface area contributed by atoms with E-state index >= 15 is 0 Å². The van der Waals surface area contributed by atoms with Crippen LogP contribution >= 0.6 is 0 Å². The van der Waals surface area contributed by atoms with Gasteiger partial charge in [0.15, 0.2) is 0 Å². The van der Waals surface area contributed by atoms with Crippen molar-refractivity contribution in [1.29, 1.82) is 0 Å². The van der Waals surface area contributed by atoms with Crippen molar-refractivity contribution in [2.24, 2.45) is 0 Å². The molecule has 0 aromatic heterocycles. The normalized spacial score (nSPS) is 10.8. The fraction of sp³-hybridized carbons (Fsp3) is 0.318. The number of hydrogen-bond donors (Lipinski definition) is 3. The number of nitrogens with one attached hydrogen (secondary N) is 3. The van der Waals surface area contributed by atoms with Gasteiger partial charge in [-0.25, -0.2) is 9.18 Å². The maximum Gasteiger partial charge on any atom is 0.408 e. The van der Waals surface area contributed by atoms with Crippen LogP contribution in [0, 0.1) is 5.82 Å². The van der Waals surface area contributed by atoms with Crippen molar-refractivity contribution in [3.63, 3.8) is 0 Å². The minimum Gasteiger partial charge on any atom is -0.444 e. The van der Waals surface area contributed by atoms with Crippen molar-refractivity contribution < 1.29 is 23.5 Å². The van der Waals surface area contributed by atoms with Gasteiger partial charge in [0, 0.05) is 12.2 Å². The number of alkyl carbamates (subject to hydrolysis) is 1. The maximum absolute atomic E-state index is 13.2. The van der Waals surface area contributed by atoms with E-state index in [2.05, 4.69) is 16.0 Å². The third-order valence-corrected chi connectivity index (χ3v) is 3.77. The molecule has 0 aliphatic rings. The zero-order valence-corrected chi connectivity index (χ0v) is 17.3. The molecular formula is C22H26FN3O4. The molecule has 30 heavy (non-hydrogen) atoms. The molecule has 0 atom stereocenters. The van der Waals surface area contributed by atoms with Crippen LogP contribution in [0.3, 0.4) is 0 Å². The summed E-state index contributed by atoms with van der Waals surface area (Å²) >= 11 is 0. The zero-order chi connectivity index (χ0) is 22.1. The van der Waals surface area contributed by atoms with E-state index in [0.717, 1.165) is 5.56 Å². The van der Waals surface area contributed by atoms with Gasteiger partial charge in [0.25, 0.3) is 0 Å². The highest BCUT2D eigenvalue weighted by Crippen LogP contribution is 2.11. The molecule has 0 saturated heterocycles. The van der Waals surface area contributed by atoms with Crippen molar-refractivity contribution in [1.82, 2.24) is 10.6 Å². The van der Waals surface area contributed by atoms with Crippen LogP contribution in [0.4, 0.5) is 14.9 Å². The highest BCUT2D eigenvalue weighted by molar-refractivity contribution is 5.92. The smallest absolute Gasteiger partial charge is 0.408 e. The van der Waals surface area contributed by atoms with E-state index in [1.54, 1.807) is 57.2 Å². The topological polar surface area (TPSA) is 96.5 Å². The molecule has 8 heteroatoms. The number of rotatable bonds is 7. The number of ether oxygens (including phenoxy) is 1. The Balaban J connectivity index is 1.74. The summed E-state index contributed by atoms with van der Waals surface area (Å²) in [5.74, 6) is -0.990. The summed E-state index contributed by atoms with van der Waals surface area (Å²) in [7, 11) is 0. The molecule has 3 amide bonds. The molecule has 3 N–H and O–H groups in total. The lowest BCUT2D eigenvalue weighted by Crippen LogP contribution is -2.39. The molecule has 0 bridgehead atoms. The van der Waals surface area contributed by atoms with E-state index in [9.17, 15) is 18.8 Å². The van der Waals surface area contributed by atoms with Crippen molar-refractivity contribution in [3.8, 4) is 0 Å². The maximum atomic E-state index is 13.2. The van der Waals surface area contributed by atoms with Crippen molar-refractivity contribution >= 4 is 23.6 Å². The van der Waals surface area contributed by atoms with Crippen molar-refractivity contribution in [2.75, 3.05) is 11.9 Å². The molecule has 0 saturated carbocycles. The summed E-state index contributed by atoms with van der Waals surface area (Å²) in [6, 6.07) is 12.8. The molecule has 0 radical (unpaired) electrons. The number of carbonyl (C=O) groups is 3. The monoisotopic (exact) mass is 415 g/mol. The molecule has 0 spiro atoms. The fourth-order valence-electron chi connectivity index (χ4n) is 2.47. The van der Waals surface area contributed by atoms with Crippen molar-refractivity contribution in [2.45, 2.75) is 39.3 Å². The standard InChI is InChI=1S/C22H26FN3O4/c1-22(2,3)30-21(29)25-14-20(28)24-13-15-7-9-18(10-8-15)26-19(27)12-16-5-4-6-17(23)11-16/h4-11H,12-14H2,1-3H3,(H,24,28)(H,25,29)(H,26,27). The summed E-state index contributed by atoms with van der Waals surface area (Å²) in [4.78, 5) is 35.4. The molecule has 0 aliphatic heterocycles. The van der Waals surface area contributed by atoms with Crippen LogP contribution in [0.25, 0.3) is 0 Å². The fourth-order valence-corrected chi connectivity index (χ4v) is 2.47. The molecule has 0 heterocycles. The van der Waals surface area contributed by atoms with Gasteiger partial charge in [0.05, 0.1) is 6.42 Å². The number of halogens is 1. The summed E-state index contributed by atoms with van der Waals surface area (Å²) in [5.41, 5.74) is 1.38. The first-order chi connectivity index (χ1) is 14.1. The van der Waals surface area contributed by atoms with Gasteiger partial charge in [0.2, 0.25) is 11.8 Å². The quantitative estimate of drug-likeness (QED) is 0.647. The molecule has 160 valence electrons. The Morgan fingerprint density at radius 3 is 2.27 bits per heavy atom. The summed E-state index contributed by atoms with van der Waals surface area (Å²) in [6.07, 6.45) is -0.587. The highest BCUT2D eigenvalue weighted by Gasteiger charge is 2.16. The number of carbonyl (C=O) groups excluding carboxylic acids is 3. The lowest BCUT2D eigenvalue weighted by molar-refractivity contribution is -0.120.